The standard InChI is InChI=1S/C40H57ClF5N7O8/c1-9-26(48-32(55)30-19-24(43)20-53(30)37(60)39(6,61)40(44,45)46)34(57)51(7)28-12-10-11-15-47-36(59)38(4,5)50-33(56)29(18-22-17-23(42)13-14-25(22)41)52(8)35(58)27(16-21(2)3)49-31(28)54/h13-14,17,21,24,26-30,61H,9-12,15-16,18-20H2,1-8H3,(H,47,59)(H,48,55)(H,49,54)(H,50,56)/t24-,26+,27+,28+,29+,30+,39-/m1/s1. The van der Waals surface area contributed by atoms with E-state index in [0.29, 0.717) is 0 Å². The van der Waals surface area contributed by atoms with E-state index in [1.807, 2.05) is 0 Å². The van der Waals surface area contributed by atoms with Crippen LogP contribution in [0.1, 0.15) is 85.6 Å². The molecular weight excluding hydrogens is 837 g/mol. The molecule has 2 fully saturated rings. The molecule has 0 unspecified atom stereocenters. The molecule has 0 bridgehead atoms. The van der Waals surface area contributed by atoms with E-state index in [4.69, 9.17) is 11.6 Å². The highest BCUT2D eigenvalue weighted by molar-refractivity contribution is 6.31. The molecule has 342 valence electrons. The van der Waals surface area contributed by atoms with Crippen molar-refractivity contribution < 1.29 is 60.6 Å². The predicted molar refractivity (Wildman–Crippen MR) is 213 cm³/mol. The van der Waals surface area contributed by atoms with Crippen molar-refractivity contribution in [2.24, 2.45) is 5.92 Å². The van der Waals surface area contributed by atoms with Crippen LogP contribution in [0.2, 0.25) is 5.02 Å². The Morgan fingerprint density at radius 3 is 2.33 bits per heavy atom. The largest absolute Gasteiger partial charge is 0.426 e. The van der Waals surface area contributed by atoms with Gasteiger partial charge in [0.15, 0.2) is 0 Å². The van der Waals surface area contributed by atoms with Crippen molar-refractivity contribution in [3.05, 3.63) is 34.6 Å². The molecule has 0 spiro atoms. The van der Waals surface area contributed by atoms with E-state index in [1.165, 1.54) is 40.9 Å². The summed E-state index contributed by atoms with van der Waals surface area (Å²) < 4.78 is 69.4. The second kappa shape index (κ2) is 20.5. The van der Waals surface area contributed by atoms with Crippen LogP contribution in [-0.4, -0.2) is 142 Å². The van der Waals surface area contributed by atoms with E-state index < -0.39 is 114 Å². The first-order valence-corrected chi connectivity index (χ1v) is 20.4. The van der Waals surface area contributed by atoms with E-state index in [1.54, 1.807) is 13.8 Å². The van der Waals surface area contributed by atoms with Gasteiger partial charge in [0.1, 0.15) is 47.7 Å². The number of rotatable bonds is 10. The van der Waals surface area contributed by atoms with Gasteiger partial charge in [-0.2, -0.15) is 13.2 Å². The summed E-state index contributed by atoms with van der Waals surface area (Å²) in [4.78, 5) is 98.6. The van der Waals surface area contributed by atoms with Gasteiger partial charge in [0.2, 0.25) is 41.0 Å². The van der Waals surface area contributed by atoms with Gasteiger partial charge in [0, 0.05) is 38.5 Å². The number of hydrogen-bond donors (Lipinski definition) is 5. The summed E-state index contributed by atoms with van der Waals surface area (Å²) in [5.41, 5.74) is -5.24. The molecule has 0 aromatic heterocycles. The molecule has 7 amide bonds. The third kappa shape index (κ3) is 12.5. The average Bonchev–Trinajstić information content (AvgIpc) is 3.56. The van der Waals surface area contributed by atoms with E-state index in [0.717, 1.165) is 21.9 Å². The molecular formula is C40H57ClF5N7O8. The molecule has 0 radical (unpaired) electrons. The first kappa shape index (κ1) is 50.8. The average molecular weight is 894 g/mol. The first-order chi connectivity index (χ1) is 28.1. The fourth-order valence-corrected chi connectivity index (χ4v) is 7.37. The van der Waals surface area contributed by atoms with Crippen LogP contribution < -0.4 is 21.3 Å². The summed E-state index contributed by atoms with van der Waals surface area (Å²) in [5.74, 6) is -7.68. The lowest BCUT2D eigenvalue weighted by Gasteiger charge is -2.36. The number of halogens is 6. The SMILES string of the molecule is CC[C@H](NC(=O)[C@@H]1C[C@@H](F)CN1C(=O)[C@@](C)(O)C(F)(F)F)C(=O)N(C)[C@H]1CCCCNC(=O)C(C)(C)NC(=O)[C@H](Cc2cc(F)ccc2Cl)N(C)C(=O)[C@H](CC(C)C)NC1=O. The minimum Gasteiger partial charge on any atom is -0.373 e. The van der Waals surface area contributed by atoms with Gasteiger partial charge in [0.05, 0.1) is 6.54 Å². The Bertz CT molecular complexity index is 1820. The second-order valence-corrected chi connectivity index (χ2v) is 17.2. The first-order valence-electron chi connectivity index (χ1n) is 20.1. The van der Waals surface area contributed by atoms with Crippen LogP contribution in [0.3, 0.4) is 0 Å². The van der Waals surface area contributed by atoms with Crippen molar-refractivity contribution in [3.63, 3.8) is 0 Å². The molecule has 21 heteroatoms. The monoisotopic (exact) mass is 893 g/mol. The zero-order valence-electron chi connectivity index (χ0n) is 35.6. The highest BCUT2D eigenvalue weighted by atomic mass is 35.5. The van der Waals surface area contributed by atoms with Crippen molar-refractivity contribution in [1.82, 2.24) is 36.0 Å². The fraction of sp³-hybridized carbons (Fsp3) is 0.675. The van der Waals surface area contributed by atoms with Crippen molar-refractivity contribution in [3.8, 4) is 0 Å². The Morgan fingerprint density at radius 2 is 1.74 bits per heavy atom. The number of alkyl halides is 4. The highest BCUT2D eigenvalue weighted by Gasteiger charge is 2.59. The van der Waals surface area contributed by atoms with Gasteiger partial charge in [-0.3, -0.25) is 33.6 Å². The molecule has 1 aromatic carbocycles. The molecule has 3 rings (SSSR count). The van der Waals surface area contributed by atoms with Crippen LogP contribution >= 0.6 is 11.6 Å². The molecule has 61 heavy (non-hydrogen) atoms. The normalized spacial score (nSPS) is 25.0. The van der Waals surface area contributed by atoms with Crippen molar-refractivity contribution in [2.45, 2.75) is 140 Å². The van der Waals surface area contributed by atoms with Gasteiger partial charge in [-0.1, -0.05) is 32.4 Å². The molecule has 15 nitrogen and oxygen atoms in total. The van der Waals surface area contributed by atoms with Gasteiger partial charge in [-0.25, -0.2) is 8.78 Å². The summed E-state index contributed by atoms with van der Waals surface area (Å²) in [6, 6.07) is -3.67. The van der Waals surface area contributed by atoms with Crippen LogP contribution in [0.15, 0.2) is 18.2 Å². The molecule has 0 saturated carbocycles. The van der Waals surface area contributed by atoms with E-state index >= 15 is 0 Å². The summed E-state index contributed by atoms with van der Waals surface area (Å²) in [5, 5.41) is 20.6. The van der Waals surface area contributed by atoms with E-state index in [-0.39, 0.29) is 73.4 Å². The molecule has 2 saturated heterocycles. The van der Waals surface area contributed by atoms with E-state index in [9.17, 15) is 60.6 Å². The lowest BCUT2D eigenvalue weighted by atomic mass is 9.97. The summed E-state index contributed by atoms with van der Waals surface area (Å²) in [6.45, 7) is 7.34. The van der Waals surface area contributed by atoms with Crippen LogP contribution in [0.25, 0.3) is 0 Å². The summed E-state index contributed by atoms with van der Waals surface area (Å²) >= 11 is 6.36. The maximum atomic E-state index is 14.5. The van der Waals surface area contributed by atoms with Crippen molar-refractivity contribution >= 4 is 53.0 Å². The predicted octanol–water partition coefficient (Wildman–Crippen LogP) is 2.55. The molecule has 7 atom stereocenters. The Labute approximate surface area is 356 Å². The topological polar surface area (TPSA) is 198 Å². The van der Waals surface area contributed by atoms with Gasteiger partial charge < -0.3 is 41.1 Å². The lowest BCUT2D eigenvalue weighted by Crippen LogP contribution is -2.62. The van der Waals surface area contributed by atoms with E-state index in [2.05, 4.69) is 21.3 Å². The number of nitrogens with one attached hydrogen (secondary N) is 4. The Kier molecular flexibility index (Phi) is 17.1. The number of nitrogens with zero attached hydrogens (tertiary/aromatic N) is 3. The molecule has 1 aromatic rings. The van der Waals surface area contributed by atoms with Crippen LogP contribution in [0.4, 0.5) is 22.0 Å². The molecule has 5 N–H and O–H groups in total. The summed E-state index contributed by atoms with van der Waals surface area (Å²) in [6.07, 6.45) is -7.91. The van der Waals surface area contributed by atoms with Crippen LogP contribution in [0, 0.1) is 11.7 Å². The van der Waals surface area contributed by atoms with Crippen LogP contribution in [0.5, 0.6) is 0 Å². The third-order valence-corrected chi connectivity index (χ3v) is 11.3. The number of aliphatic hydroxyl groups is 1. The zero-order chi connectivity index (χ0) is 46.4. The van der Waals surface area contributed by atoms with Gasteiger partial charge >= 0.3 is 6.18 Å². The minimum absolute atomic E-state index is 0.0193. The zero-order valence-corrected chi connectivity index (χ0v) is 36.3. The smallest absolute Gasteiger partial charge is 0.373 e. The number of carbonyl (C=O) groups is 7. The number of hydrogen-bond acceptors (Lipinski definition) is 8. The lowest BCUT2D eigenvalue weighted by molar-refractivity contribution is -0.250. The Hall–Kier alpha value is -4.59. The Morgan fingerprint density at radius 1 is 1.10 bits per heavy atom. The maximum Gasteiger partial charge on any atom is 0.426 e. The number of benzene rings is 1. The highest BCUT2D eigenvalue weighted by Crippen LogP contribution is 2.34. The van der Waals surface area contributed by atoms with Gasteiger partial charge in [0.25, 0.3) is 5.91 Å². The maximum absolute atomic E-state index is 14.5. The second-order valence-electron chi connectivity index (χ2n) is 16.8. The fourth-order valence-electron chi connectivity index (χ4n) is 7.17. The third-order valence-electron chi connectivity index (χ3n) is 11.0. The Balaban J connectivity index is 1.97. The van der Waals surface area contributed by atoms with Crippen molar-refractivity contribution in [1.29, 1.82) is 0 Å². The molecule has 2 aliphatic heterocycles. The number of likely N-dealkylation sites (N-methyl/N-ethyl adjacent to an activating group) is 2. The van der Waals surface area contributed by atoms with Gasteiger partial charge in [-0.05, 0) is 82.6 Å². The van der Waals surface area contributed by atoms with Crippen LogP contribution in [-0.2, 0) is 40.0 Å². The quantitative estimate of drug-likeness (QED) is 0.221. The minimum atomic E-state index is -5.45. The van der Waals surface area contributed by atoms with Gasteiger partial charge in [-0.15, -0.1) is 0 Å². The molecule has 0 aliphatic carbocycles. The molecule has 2 aliphatic rings. The number of amides is 7. The number of carbonyl (C=O) groups excluding carboxylic acids is 7. The number of likely N-dealkylation sites (tertiary alicyclic amines) is 1. The summed E-state index contributed by atoms with van der Waals surface area (Å²) in [7, 11) is 2.58. The molecule has 2 heterocycles. The van der Waals surface area contributed by atoms with Crippen molar-refractivity contribution in [2.75, 3.05) is 27.2 Å².